The van der Waals surface area contributed by atoms with Crippen molar-refractivity contribution in [3.05, 3.63) is 24.0 Å². The fourth-order valence-electron chi connectivity index (χ4n) is 1.91. The van der Waals surface area contributed by atoms with Crippen molar-refractivity contribution in [2.24, 2.45) is 11.8 Å². The molecule has 0 aliphatic heterocycles. The van der Waals surface area contributed by atoms with Crippen molar-refractivity contribution in [3.8, 4) is 0 Å². The standard InChI is InChI=1S/C17H28O4/c1-5-14(4)17(18)21-16(6-2)20-11-10-19-15-9-7-8-13(3)12-15/h7-9,13-14,16H,5-6,10-12H2,1-4H3. The van der Waals surface area contributed by atoms with Crippen LogP contribution in [0.25, 0.3) is 0 Å². The molecule has 3 unspecified atom stereocenters. The molecule has 0 saturated heterocycles. The zero-order valence-corrected chi connectivity index (χ0v) is 13.6. The third kappa shape index (κ3) is 6.80. The van der Waals surface area contributed by atoms with Gasteiger partial charge >= 0.3 is 5.97 Å². The van der Waals surface area contributed by atoms with Crippen LogP contribution in [0.2, 0.25) is 0 Å². The number of esters is 1. The molecule has 0 N–H and O–H groups in total. The zero-order valence-electron chi connectivity index (χ0n) is 13.6. The van der Waals surface area contributed by atoms with E-state index in [9.17, 15) is 4.79 Å². The first kappa shape index (κ1) is 17.8. The molecule has 1 rings (SSSR count). The molecule has 21 heavy (non-hydrogen) atoms. The van der Waals surface area contributed by atoms with Crippen LogP contribution in [-0.2, 0) is 19.0 Å². The summed E-state index contributed by atoms with van der Waals surface area (Å²) in [5, 5.41) is 0. The summed E-state index contributed by atoms with van der Waals surface area (Å²) in [5.41, 5.74) is 0. The molecule has 0 aromatic rings. The molecule has 1 aliphatic rings. The average molecular weight is 296 g/mol. The highest BCUT2D eigenvalue weighted by molar-refractivity contribution is 5.71. The van der Waals surface area contributed by atoms with Crippen molar-refractivity contribution in [1.82, 2.24) is 0 Å². The maximum absolute atomic E-state index is 11.7. The highest BCUT2D eigenvalue weighted by Crippen LogP contribution is 2.18. The maximum Gasteiger partial charge on any atom is 0.310 e. The van der Waals surface area contributed by atoms with Crippen LogP contribution in [0.15, 0.2) is 24.0 Å². The number of carbonyl (C=O) groups excluding carboxylic acids is 1. The second-order valence-corrected chi connectivity index (χ2v) is 5.50. The van der Waals surface area contributed by atoms with Crippen LogP contribution in [0.4, 0.5) is 0 Å². The van der Waals surface area contributed by atoms with Gasteiger partial charge in [0.1, 0.15) is 6.61 Å². The lowest BCUT2D eigenvalue weighted by molar-refractivity contribution is -0.185. The summed E-state index contributed by atoms with van der Waals surface area (Å²) in [6, 6.07) is 0. The molecule has 0 heterocycles. The normalized spacial score (nSPS) is 20.6. The van der Waals surface area contributed by atoms with E-state index in [2.05, 4.69) is 13.0 Å². The predicted octanol–water partition coefficient (Wildman–Crippen LogP) is 3.82. The van der Waals surface area contributed by atoms with Crippen molar-refractivity contribution in [3.63, 3.8) is 0 Å². The Hall–Kier alpha value is -1.29. The largest absolute Gasteiger partial charge is 0.496 e. The molecule has 0 amide bonds. The molecule has 120 valence electrons. The Bertz CT molecular complexity index is 373. The number of rotatable bonds is 9. The van der Waals surface area contributed by atoms with Crippen LogP contribution in [0.5, 0.6) is 0 Å². The van der Waals surface area contributed by atoms with Gasteiger partial charge in [-0.25, -0.2) is 0 Å². The first-order valence-electron chi connectivity index (χ1n) is 7.89. The van der Waals surface area contributed by atoms with Crippen molar-refractivity contribution >= 4 is 5.97 Å². The minimum absolute atomic E-state index is 0.0837. The van der Waals surface area contributed by atoms with Crippen LogP contribution in [0.1, 0.15) is 47.0 Å². The van der Waals surface area contributed by atoms with Crippen LogP contribution >= 0.6 is 0 Å². The maximum atomic E-state index is 11.7. The Kier molecular flexibility index (Phi) is 8.13. The topological polar surface area (TPSA) is 44.8 Å². The number of allylic oxidation sites excluding steroid dienone is 4. The highest BCUT2D eigenvalue weighted by Gasteiger charge is 2.17. The Morgan fingerprint density at radius 2 is 2.10 bits per heavy atom. The fourth-order valence-corrected chi connectivity index (χ4v) is 1.91. The summed E-state index contributed by atoms with van der Waals surface area (Å²) >= 11 is 0. The number of carbonyl (C=O) groups is 1. The van der Waals surface area contributed by atoms with E-state index in [0.717, 1.165) is 18.6 Å². The van der Waals surface area contributed by atoms with Gasteiger partial charge in [-0.1, -0.05) is 39.8 Å². The second-order valence-electron chi connectivity index (χ2n) is 5.50. The molecule has 4 heteroatoms. The molecule has 0 radical (unpaired) electrons. The fraction of sp³-hybridized carbons (Fsp3) is 0.706. The minimum atomic E-state index is -0.478. The molecule has 0 bridgehead atoms. The lowest BCUT2D eigenvalue weighted by Gasteiger charge is -2.20. The molecule has 1 aliphatic carbocycles. The van der Waals surface area contributed by atoms with Crippen LogP contribution in [0, 0.1) is 11.8 Å². The van der Waals surface area contributed by atoms with E-state index in [1.807, 2.05) is 32.9 Å². The van der Waals surface area contributed by atoms with Crippen LogP contribution in [-0.4, -0.2) is 25.5 Å². The summed E-state index contributed by atoms with van der Waals surface area (Å²) in [4.78, 5) is 11.7. The third-order valence-corrected chi connectivity index (χ3v) is 3.52. The zero-order chi connectivity index (χ0) is 15.7. The summed E-state index contributed by atoms with van der Waals surface area (Å²) in [6.45, 7) is 8.82. The monoisotopic (exact) mass is 296 g/mol. The number of ether oxygens (including phenoxy) is 3. The van der Waals surface area contributed by atoms with Gasteiger partial charge in [-0.3, -0.25) is 4.79 Å². The summed E-state index contributed by atoms with van der Waals surface area (Å²) in [6.07, 6.45) is 8.03. The van der Waals surface area contributed by atoms with Gasteiger partial charge in [0.25, 0.3) is 0 Å². The van der Waals surface area contributed by atoms with Gasteiger partial charge in [0.15, 0.2) is 0 Å². The Labute approximate surface area is 128 Å². The van der Waals surface area contributed by atoms with E-state index in [4.69, 9.17) is 14.2 Å². The SMILES string of the molecule is CCC(OCCOC1=CC=CC(C)C1)OC(=O)C(C)CC. The molecule has 4 nitrogen and oxygen atoms in total. The molecule has 0 spiro atoms. The summed E-state index contributed by atoms with van der Waals surface area (Å²) < 4.78 is 16.5. The van der Waals surface area contributed by atoms with Gasteiger partial charge < -0.3 is 14.2 Å². The highest BCUT2D eigenvalue weighted by atomic mass is 16.7. The Morgan fingerprint density at radius 1 is 1.33 bits per heavy atom. The average Bonchev–Trinajstić information content (AvgIpc) is 2.49. The van der Waals surface area contributed by atoms with Gasteiger partial charge in [-0.05, 0) is 18.4 Å². The molecule has 0 saturated carbocycles. The van der Waals surface area contributed by atoms with Crippen molar-refractivity contribution in [1.29, 1.82) is 0 Å². The van der Waals surface area contributed by atoms with Crippen LogP contribution < -0.4 is 0 Å². The van der Waals surface area contributed by atoms with E-state index in [1.165, 1.54) is 0 Å². The molecular formula is C17H28O4. The number of hydrogen-bond donors (Lipinski definition) is 0. The lowest BCUT2D eigenvalue weighted by atomic mass is 10.0. The van der Waals surface area contributed by atoms with E-state index >= 15 is 0 Å². The predicted molar refractivity (Wildman–Crippen MR) is 82.5 cm³/mol. The van der Waals surface area contributed by atoms with Gasteiger partial charge in [0, 0.05) is 12.8 Å². The summed E-state index contributed by atoms with van der Waals surface area (Å²) in [7, 11) is 0. The van der Waals surface area contributed by atoms with E-state index < -0.39 is 6.29 Å². The second kappa shape index (κ2) is 9.61. The van der Waals surface area contributed by atoms with E-state index in [1.54, 1.807) is 0 Å². The molecule has 0 aromatic carbocycles. The molecule has 3 atom stereocenters. The quantitative estimate of drug-likeness (QED) is 0.368. The van der Waals surface area contributed by atoms with Gasteiger partial charge in [-0.2, -0.15) is 0 Å². The van der Waals surface area contributed by atoms with Crippen molar-refractivity contribution in [2.75, 3.05) is 13.2 Å². The van der Waals surface area contributed by atoms with Gasteiger partial charge in [0.05, 0.1) is 18.3 Å². The molecular weight excluding hydrogens is 268 g/mol. The number of hydrogen-bond acceptors (Lipinski definition) is 4. The van der Waals surface area contributed by atoms with Crippen molar-refractivity contribution in [2.45, 2.75) is 53.2 Å². The first-order chi connectivity index (χ1) is 10.1. The molecule has 0 fully saturated rings. The smallest absolute Gasteiger partial charge is 0.310 e. The Balaban J connectivity index is 2.22. The van der Waals surface area contributed by atoms with Gasteiger partial charge in [-0.15, -0.1) is 0 Å². The first-order valence-corrected chi connectivity index (χ1v) is 7.89. The summed E-state index contributed by atoms with van der Waals surface area (Å²) in [5.74, 6) is 1.22. The molecule has 0 aromatic heterocycles. The van der Waals surface area contributed by atoms with Gasteiger partial charge in [0.2, 0.25) is 6.29 Å². The van der Waals surface area contributed by atoms with Crippen molar-refractivity contribution < 1.29 is 19.0 Å². The van der Waals surface area contributed by atoms with E-state index in [-0.39, 0.29) is 11.9 Å². The Morgan fingerprint density at radius 3 is 2.71 bits per heavy atom. The minimum Gasteiger partial charge on any atom is -0.496 e. The van der Waals surface area contributed by atoms with Crippen LogP contribution in [0.3, 0.4) is 0 Å². The van der Waals surface area contributed by atoms with E-state index in [0.29, 0.717) is 25.6 Å². The third-order valence-electron chi connectivity index (χ3n) is 3.52. The lowest BCUT2D eigenvalue weighted by Crippen LogP contribution is -2.25.